The minimum Gasteiger partial charge on any atom is -0.393 e. The number of thiol groups is 1. The summed E-state index contributed by atoms with van der Waals surface area (Å²) in [6.07, 6.45) is 1.23. The molecular weight excluding hydrogens is 266 g/mol. The second kappa shape index (κ2) is 6.61. The van der Waals surface area contributed by atoms with Crippen molar-refractivity contribution in [3.05, 3.63) is 35.9 Å². The molecule has 1 heterocycles. The summed E-state index contributed by atoms with van der Waals surface area (Å²) in [5.41, 5.74) is 1.00. The van der Waals surface area contributed by atoms with E-state index in [9.17, 15) is 9.90 Å². The van der Waals surface area contributed by atoms with E-state index in [0.717, 1.165) is 42.3 Å². The zero-order valence-electron chi connectivity index (χ0n) is 10.0. The van der Waals surface area contributed by atoms with Gasteiger partial charge in [-0.1, -0.05) is 30.3 Å². The van der Waals surface area contributed by atoms with Gasteiger partial charge in [-0.15, -0.1) is 11.7 Å². The van der Waals surface area contributed by atoms with Crippen molar-refractivity contribution in [1.29, 1.82) is 0 Å². The van der Waals surface area contributed by atoms with Crippen molar-refractivity contribution < 1.29 is 9.90 Å². The van der Waals surface area contributed by atoms with E-state index in [1.807, 2.05) is 30.3 Å². The van der Waals surface area contributed by atoms with Crippen LogP contribution >= 0.6 is 22.5 Å². The molecule has 0 amide bonds. The Morgan fingerprint density at radius 3 is 2.50 bits per heavy atom. The molecule has 98 valence electrons. The predicted molar refractivity (Wildman–Crippen MR) is 77.6 cm³/mol. The smallest absolute Gasteiger partial charge is 0.220 e. The highest BCUT2D eigenvalue weighted by Gasteiger charge is 2.30. The van der Waals surface area contributed by atoms with Gasteiger partial charge in [-0.05, 0) is 29.2 Å². The summed E-state index contributed by atoms with van der Waals surface area (Å²) in [6, 6.07) is 9.52. The van der Waals surface area contributed by atoms with Gasteiger partial charge in [0.2, 0.25) is 5.12 Å². The van der Waals surface area contributed by atoms with E-state index in [0.29, 0.717) is 0 Å². The van der Waals surface area contributed by atoms with Gasteiger partial charge in [0.05, 0.1) is 6.10 Å². The largest absolute Gasteiger partial charge is 0.393 e. The Labute approximate surface area is 116 Å². The number of carbonyl (C=O) groups is 1. The number of hydrogen-bond donors (Lipinski definition) is 2. The molecule has 1 aliphatic heterocycles. The lowest BCUT2D eigenvalue weighted by molar-refractivity contribution is -0.116. The zero-order valence-corrected chi connectivity index (χ0v) is 11.7. The van der Waals surface area contributed by atoms with Crippen molar-refractivity contribution >= 4 is 27.6 Å². The molecule has 1 aliphatic rings. The Hall–Kier alpha value is -0.490. The third-order valence-electron chi connectivity index (χ3n) is 3.29. The molecule has 1 saturated heterocycles. The third-order valence-corrected chi connectivity index (χ3v) is 4.24. The molecule has 1 N–H and O–H groups in total. The van der Waals surface area contributed by atoms with Gasteiger partial charge >= 0.3 is 0 Å². The quantitative estimate of drug-likeness (QED) is 0.659. The van der Waals surface area contributed by atoms with Crippen LogP contribution in [0.25, 0.3) is 0 Å². The fourth-order valence-corrected chi connectivity index (χ4v) is 3.01. The van der Waals surface area contributed by atoms with Gasteiger partial charge in [-0.3, -0.25) is 9.69 Å². The van der Waals surface area contributed by atoms with E-state index in [-0.39, 0.29) is 17.3 Å². The molecule has 1 aromatic carbocycles. The number of nitrogens with zero attached hydrogens (tertiary/aromatic N) is 1. The SMILES string of the molecule is O=C(SS)[C@@H](c1ccccc1)N1CCC(O)CC1. The lowest BCUT2D eigenvalue weighted by Crippen LogP contribution is -2.40. The van der Waals surface area contributed by atoms with Crippen LogP contribution in [0.4, 0.5) is 0 Å². The molecule has 0 unspecified atom stereocenters. The van der Waals surface area contributed by atoms with Gasteiger partial charge in [-0.2, -0.15) is 0 Å². The second-order valence-electron chi connectivity index (χ2n) is 4.49. The van der Waals surface area contributed by atoms with Crippen LogP contribution in [0.5, 0.6) is 0 Å². The highest BCUT2D eigenvalue weighted by Crippen LogP contribution is 2.30. The van der Waals surface area contributed by atoms with Crippen LogP contribution in [0.15, 0.2) is 30.3 Å². The van der Waals surface area contributed by atoms with Crippen LogP contribution in [0.2, 0.25) is 0 Å². The van der Waals surface area contributed by atoms with E-state index in [1.54, 1.807) is 0 Å². The molecule has 0 aliphatic carbocycles. The highest BCUT2D eigenvalue weighted by atomic mass is 33.1. The first-order valence-electron chi connectivity index (χ1n) is 6.04. The number of piperidine rings is 1. The van der Waals surface area contributed by atoms with Gasteiger partial charge in [0.15, 0.2) is 0 Å². The molecule has 0 bridgehead atoms. The molecule has 1 aromatic rings. The standard InChI is InChI=1S/C13H17NO2S2/c15-11-6-8-14(9-7-11)12(13(16)18-17)10-4-2-1-3-5-10/h1-5,11-12,15,17H,6-9H2/t12-/m1/s1. The van der Waals surface area contributed by atoms with Crippen molar-refractivity contribution in [2.45, 2.75) is 25.0 Å². The Morgan fingerprint density at radius 2 is 1.94 bits per heavy atom. The lowest BCUT2D eigenvalue weighted by atomic mass is 10.0. The lowest BCUT2D eigenvalue weighted by Gasteiger charge is -2.35. The molecule has 0 spiro atoms. The Balaban J connectivity index is 2.18. The number of benzene rings is 1. The van der Waals surface area contributed by atoms with Crippen molar-refractivity contribution in [3.63, 3.8) is 0 Å². The maximum absolute atomic E-state index is 12.1. The molecular formula is C13H17NO2S2. The molecule has 1 fully saturated rings. The maximum Gasteiger partial charge on any atom is 0.220 e. The fraction of sp³-hybridized carbons (Fsp3) is 0.462. The Kier molecular flexibility index (Phi) is 5.12. The van der Waals surface area contributed by atoms with E-state index >= 15 is 0 Å². The molecule has 0 aromatic heterocycles. The van der Waals surface area contributed by atoms with Crippen molar-refractivity contribution in [2.75, 3.05) is 13.1 Å². The topological polar surface area (TPSA) is 40.5 Å². The van der Waals surface area contributed by atoms with Crippen molar-refractivity contribution in [2.24, 2.45) is 0 Å². The van der Waals surface area contributed by atoms with Gasteiger partial charge in [0, 0.05) is 13.1 Å². The first-order valence-corrected chi connectivity index (χ1v) is 7.91. The highest BCUT2D eigenvalue weighted by molar-refractivity contribution is 8.74. The number of rotatable bonds is 3. The van der Waals surface area contributed by atoms with Crippen LogP contribution in [0.3, 0.4) is 0 Å². The number of hydrogen-bond acceptors (Lipinski definition) is 5. The summed E-state index contributed by atoms with van der Waals surface area (Å²) in [7, 11) is 0.974. The monoisotopic (exact) mass is 283 g/mol. The molecule has 18 heavy (non-hydrogen) atoms. The summed E-state index contributed by atoms with van der Waals surface area (Å²) in [4.78, 5) is 14.2. The number of likely N-dealkylation sites (tertiary alicyclic amines) is 1. The summed E-state index contributed by atoms with van der Waals surface area (Å²) < 4.78 is 0. The fourth-order valence-electron chi connectivity index (χ4n) is 2.33. The average Bonchev–Trinajstić information content (AvgIpc) is 2.42. The molecule has 0 radical (unpaired) electrons. The predicted octanol–water partition coefficient (Wildman–Crippen LogP) is 2.29. The van der Waals surface area contributed by atoms with Gasteiger partial charge in [0.25, 0.3) is 0 Å². The number of aliphatic hydroxyl groups is 1. The average molecular weight is 283 g/mol. The normalized spacial score (nSPS) is 19.7. The molecule has 3 nitrogen and oxygen atoms in total. The minimum atomic E-state index is -0.249. The minimum absolute atomic E-state index is 0.0425. The van der Waals surface area contributed by atoms with Gasteiger partial charge in [0.1, 0.15) is 6.04 Å². The summed E-state index contributed by atoms with van der Waals surface area (Å²) in [5.74, 6) is 0. The Morgan fingerprint density at radius 1 is 1.33 bits per heavy atom. The zero-order chi connectivity index (χ0) is 13.0. The Bertz CT molecular complexity index is 391. The molecule has 2 rings (SSSR count). The van der Waals surface area contributed by atoms with Crippen molar-refractivity contribution in [1.82, 2.24) is 4.90 Å². The number of carbonyl (C=O) groups excluding carboxylic acids is 1. The van der Waals surface area contributed by atoms with Gasteiger partial charge in [-0.25, -0.2) is 0 Å². The molecule has 5 heteroatoms. The van der Waals surface area contributed by atoms with Gasteiger partial charge < -0.3 is 5.11 Å². The van der Waals surface area contributed by atoms with E-state index in [4.69, 9.17) is 0 Å². The van der Waals surface area contributed by atoms with Crippen molar-refractivity contribution in [3.8, 4) is 0 Å². The summed E-state index contributed by atoms with van der Waals surface area (Å²) >= 11 is 4.03. The summed E-state index contributed by atoms with van der Waals surface area (Å²) in [6.45, 7) is 1.50. The first kappa shape index (κ1) is 13.9. The van der Waals surface area contributed by atoms with Crippen LogP contribution in [0.1, 0.15) is 24.4 Å². The maximum atomic E-state index is 12.1. The van der Waals surface area contributed by atoms with E-state index < -0.39 is 0 Å². The summed E-state index contributed by atoms with van der Waals surface area (Å²) in [5, 5.41) is 9.59. The number of aliphatic hydroxyl groups excluding tert-OH is 1. The second-order valence-corrected chi connectivity index (χ2v) is 5.62. The molecule has 1 atom stereocenters. The van der Waals surface area contributed by atoms with Crippen LogP contribution in [-0.2, 0) is 4.79 Å². The first-order chi connectivity index (χ1) is 8.72. The van der Waals surface area contributed by atoms with E-state index in [1.165, 1.54) is 0 Å². The third kappa shape index (κ3) is 3.29. The molecule has 0 saturated carbocycles. The van der Waals surface area contributed by atoms with Crippen LogP contribution in [0, 0.1) is 0 Å². The van der Waals surface area contributed by atoms with Crippen LogP contribution in [-0.4, -0.2) is 34.3 Å². The van der Waals surface area contributed by atoms with E-state index in [2.05, 4.69) is 16.6 Å². The van der Waals surface area contributed by atoms with Crippen LogP contribution < -0.4 is 0 Å².